The van der Waals surface area contributed by atoms with Gasteiger partial charge in [-0.2, -0.15) is 0 Å². The maximum absolute atomic E-state index is 8.85. The lowest BCUT2D eigenvalue weighted by molar-refractivity contribution is 0.251. The first kappa shape index (κ1) is 12.6. The molecule has 15 heavy (non-hydrogen) atoms. The third kappa shape index (κ3) is 4.73. The Morgan fingerprint density at radius 1 is 1.60 bits per heavy atom. The van der Waals surface area contributed by atoms with Gasteiger partial charge in [0.25, 0.3) is 0 Å². The molecule has 0 spiro atoms. The number of hydrogen-bond donors (Lipinski definition) is 2. The lowest BCUT2D eigenvalue weighted by Crippen LogP contribution is -2.22. The summed E-state index contributed by atoms with van der Waals surface area (Å²) < 4.78 is 0. The molecular weight excluding hydrogens is 208 g/mol. The normalized spacial score (nSPS) is 13.0. The number of thiazole rings is 1. The van der Waals surface area contributed by atoms with E-state index in [1.165, 1.54) is 4.88 Å². The summed E-state index contributed by atoms with van der Waals surface area (Å²) in [6.45, 7) is 6.36. The van der Waals surface area contributed by atoms with Gasteiger partial charge in [0.1, 0.15) is 0 Å². The first-order valence-electron chi connectivity index (χ1n) is 5.49. The van der Waals surface area contributed by atoms with Crippen molar-refractivity contribution < 1.29 is 5.11 Å². The quantitative estimate of drug-likeness (QED) is 0.750. The maximum Gasteiger partial charge on any atom is 0.0897 e. The minimum Gasteiger partial charge on any atom is -0.396 e. The smallest absolute Gasteiger partial charge is 0.0897 e. The lowest BCUT2D eigenvalue weighted by atomic mass is 10.0. The van der Waals surface area contributed by atoms with Crippen LogP contribution in [-0.2, 0) is 6.54 Å². The van der Waals surface area contributed by atoms with Crippen LogP contribution in [-0.4, -0.2) is 23.2 Å². The minimum absolute atomic E-state index is 0.292. The second-order valence-electron chi connectivity index (χ2n) is 3.76. The van der Waals surface area contributed by atoms with Crippen LogP contribution in [0.3, 0.4) is 0 Å². The molecule has 0 saturated carbocycles. The zero-order valence-electron chi connectivity index (χ0n) is 9.49. The summed E-state index contributed by atoms with van der Waals surface area (Å²) in [6, 6.07) is 0. The molecular formula is C11H20N2OS. The number of nitrogens with zero attached hydrogens (tertiary/aromatic N) is 1. The second-order valence-corrected chi connectivity index (χ2v) is 5.08. The first-order chi connectivity index (χ1) is 7.26. The lowest BCUT2D eigenvalue weighted by Gasteiger charge is -2.13. The van der Waals surface area contributed by atoms with Gasteiger partial charge >= 0.3 is 0 Å². The number of hydrogen-bond acceptors (Lipinski definition) is 4. The van der Waals surface area contributed by atoms with E-state index in [9.17, 15) is 0 Å². The van der Waals surface area contributed by atoms with Gasteiger partial charge in [-0.3, -0.25) is 0 Å². The molecule has 3 nitrogen and oxygen atoms in total. The third-order valence-corrected chi connectivity index (χ3v) is 3.43. The molecule has 1 rings (SSSR count). The van der Waals surface area contributed by atoms with E-state index in [2.05, 4.69) is 17.2 Å². The molecule has 0 amide bonds. The van der Waals surface area contributed by atoms with E-state index >= 15 is 0 Å². The summed E-state index contributed by atoms with van der Waals surface area (Å²) in [4.78, 5) is 5.49. The van der Waals surface area contributed by atoms with Gasteiger partial charge in [0.05, 0.1) is 5.01 Å². The average Bonchev–Trinajstić information content (AvgIpc) is 2.63. The summed E-state index contributed by atoms with van der Waals surface area (Å²) in [5.74, 6) is 0.587. The molecule has 4 heteroatoms. The Morgan fingerprint density at radius 2 is 2.40 bits per heavy atom. The van der Waals surface area contributed by atoms with Crippen LogP contribution in [0, 0.1) is 12.8 Å². The number of nitrogens with one attached hydrogen (secondary N) is 1. The Labute approximate surface area is 95.6 Å². The number of aliphatic hydroxyl groups excluding tert-OH is 1. The summed E-state index contributed by atoms with van der Waals surface area (Å²) >= 11 is 1.74. The van der Waals surface area contributed by atoms with E-state index in [4.69, 9.17) is 5.11 Å². The van der Waals surface area contributed by atoms with E-state index in [0.717, 1.165) is 30.9 Å². The zero-order valence-corrected chi connectivity index (χ0v) is 10.3. The van der Waals surface area contributed by atoms with Crippen molar-refractivity contribution in [3.63, 3.8) is 0 Å². The molecule has 0 fully saturated rings. The highest BCUT2D eigenvalue weighted by Crippen LogP contribution is 2.11. The molecule has 86 valence electrons. The van der Waals surface area contributed by atoms with Crippen molar-refractivity contribution in [3.05, 3.63) is 16.1 Å². The van der Waals surface area contributed by atoms with Gasteiger partial charge < -0.3 is 10.4 Å². The van der Waals surface area contributed by atoms with Crippen molar-refractivity contribution >= 4 is 11.3 Å². The largest absolute Gasteiger partial charge is 0.396 e. The van der Waals surface area contributed by atoms with Gasteiger partial charge in [-0.25, -0.2) is 4.98 Å². The molecule has 0 aliphatic rings. The van der Waals surface area contributed by atoms with Crippen LogP contribution < -0.4 is 5.32 Å². The monoisotopic (exact) mass is 228 g/mol. The molecule has 1 unspecified atom stereocenters. The van der Waals surface area contributed by atoms with Gasteiger partial charge in [0, 0.05) is 24.2 Å². The molecule has 1 heterocycles. The van der Waals surface area contributed by atoms with Crippen LogP contribution in [0.1, 0.15) is 29.7 Å². The summed E-state index contributed by atoms with van der Waals surface area (Å²) in [7, 11) is 0. The molecule has 0 aliphatic heterocycles. The van der Waals surface area contributed by atoms with Crippen molar-refractivity contribution in [2.45, 2.75) is 33.2 Å². The van der Waals surface area contributed by atoms with Crippen LogP contribution in [0.2, 0.25) is 0 Å². The van der Waals surface area contributed by atoms with E-state index in [0.29, 0.717) is 12.5 Å². The Hall–Kier alpha value is -0.450. The predicted octanol–water partition coefficient (Wildman–Crippen LogP) is 1.95. The molecule has 1 aromatic rings. The zero-order chi connectivity index (χ0) is 11.1. The second kappa shape index (κ2) is 6.93. The Balaban J connectivity index is 2.20. The SMILES string of the molecule is CCC(CCO)CNCc1cnc(C)s1. The van der Waals surface area contributed by atoms with Crippen LogP contribution >= 0.6 is 11.3 Å². The van der Waals surface area contributed by atoms with Crippen molar-refractivity contribution in [1.29, 1.82) is 0 Å². The highest BCUT2D eigenvalue weighted by atomic mass is 32.1. The van der Waals surface area contributed by atoms with Crippen molar-refractivity contribution in [1.82, 2.24) is 10.3 Å². The fourth-order valence-corrected chi connectivity index (χ4v) is 2.28. The van der Waals surface area contributed by atoms with Crippen LogP contribution in [0.5, 0.6) is 0 Å². The molecule has 0 aromatic carbocycles. The van der Waals surface area contributed by atoms with E-state index in [1.54, 1.807) is 11.3 Å². The molecule has 0 radical (unpaired) electrons. The van der Waals surface area contributed by atoms with E-state index < -0.39 is 0 Å². The standard InChI is InChI=1S/C11H20N2OS/c1-3-10(4-5-14)6-12-7-11-8-13-9(2)15-11/h8,10,12,14H,3-7H2,1-2H3. The van der Waals surface area contributed by atoms with Crippen LogP contribution in [0.25, 0.3) is 0 Å². The topological polar surface area (TPSA) is 45.1 Å². The Morgan fingerprint density at radius 3 is 2.93 bits per heavy atom. The highest BCUT2D eigenvalue weighted by molar-refractivity contribution is 7.11. The summed E-state index contributed by atoms with van der Waals surface area (Å²) in [5, 5.41) is 13.4. The summed E-state index contributed by atoms with van der Waals surface area (Å²) in [5.41, 5.74) is 0. The van der Waals surface area contributed by atoms with Gasteiger partial charge in [0.15, 0.2) is 0 Å². The first-order valence-corrected chi connectivity index (χ1v) is 6.30. The van der Waals surface area contributed by atoms with Crippen molar-refractivity contribution in [2.24, 2.45) is 5.92 Å². The minimum atomic E-state index is 0.292. The maximum atomic E-state index is 8.85. The van der Waals surface area contributed by atoms with Crippen molar-refractivity contribution in [2.75, 3.05) is 13.2 Å². The van der Waals surface area contributed by atoms with Crippen LogP contribution in [0.4, 0.5) is 0 Å². The fourth-order valence-electron chi connectivity index (χ4n) is 1.52. The molecule has 1 aromatic heterocycles. The predicted molar refractivity (Wildman–Crippen MR) is 64.0 cm³/mol. The Kier molecular flexibility index (Phi) is 5.83. The van der Waals surface area contributed by atoms with Crippen molar-refractivity contribution in [3.8, 4) is 0 Å². The molecule has 0 aliphatic carbocycles. The van der Waals surface area contributed by atoms with Gasteiger partial charge in [-0.05, 0) is 25.8 Å². The molecule has 0 saturated heterocycles. The van der Waals surface area contributed by atoms with Crippen LogP contribution in [0.15, 0.2) is 6.20 Å². The number of aromatic nitrogens is 1. The number of aliphatic hydroxyl groups is 1. The molecule has 1 atom stereocenters. The third-order valence-electron chi connectivity index (χ3n) is 2.52. The highest BCUT2D eigenvalue weighted by Gasteiger charge is 2.05. The van der Waals surface area contributed by atoms with Gasteiger partial charge in [0.2, 0.25) is 0 Å². The van der Waals surface area contributed by atoms with Gasteiger partial charge in [-0.15, -0.1) is 11.3 Å². The number of rotatable bonds is 7. The fraction of sp³-hybridized carbons (Fsp3) is 0.727. The summed E-state index contributed by atoms with van der Waals surface area (Å²) in [6.07, 6.45) is 3.94. The van der Waals surface area contributed by atoms with E-state index in [1.807, 2.05) is 13.1 Å². The molecule has 0 bridgehead atoms. The number of aryl methyl sites for hydroxylation is 1. The van der Waals surface area contributed by atoms with E-state index in [-0.39, 0.29) is 0 Å². The van der Waals surface area contributed by atoms with Gasteiger partial charge in [-0.1, -0.05) is 13.3 Å². The average molecular weight is 228 g/mol. The Bertz CT molecular complexity index is 275. The molecule has 2 N–H and O–H groups in total.